The van der Waals surface area contributed by atoms with E-state index in [2.05, 4.69) is 25.3 Å². The second-order valence-electron chi connectivity index (χ2n) is 2.10. The van der Waals surface area contributed by atoms with E-state index in [0.717, 1.165) is 0 Å². The van der Waals surface area contributed by atoms with Crippen LogP contribution in [-0.2, 0) is 25.3 Å². The van der Waals surface area contributed by atoms with Crippen molar-refractivity contribution in [2.75, 3.05) is 0 Å². The van der Waals surface area contributed by atoms with Gasteiger partial charge in [0.1, 0.15) is 0 Å². The Labute approximate surface area is 100.0 Å². The van der Waals surface area contributed by atoms with Crippen molar-refractivity contribution in [2.24, 2.45) is 0 Å². The summed E-state index contributed by atoms with van der Waals surface area (Å²) < 4.78 is 0. The number of hydrogen-bond acceptors (Lipinski definition) is 2. The Kier molecular flexibility index (Phi) is 24.1. The second kappa shape index (κ2) is 12.6. The second-order valence-corrected chi connectivity index (χ2v) is 3.98. The van der Waals surface area contributed by atoms with Crippen molar-refractivity contribution in [2.45, 2.75) is 38.2 Å². The third-order valence-electron chi connectivity index (χ3n) is 0. The van der Waals surface area contributed by atoms with Gasteiger partial charge >= 0.3 is 37.7 Å². The van der Waals surface area contributed by atoms with Crippen LogP contribution in [0.2, 0.25) is 0 Å². The molecule has 0 saturated heterocycles. The fourth-order valence-electron chi connectivity index (χ4n) is 0. The van der Waals surface area contributed by atoms with Gasteiger partial charge in [0.05, 0.1) is 0 Å². The van der Waals surface area contributed by atoms with Crippen LogP contribution in [0.15, 0.2) is 0 Å². The van der Waals surface area contributed by atoms with Gasteiger partial charge in [-0.15, -0.1) is 0 Å². The average Bonchev–Trinajstić information content (AvgIpc) is 1.25. The molecule has 0 aromatic heterocycles. The Morgan fingerprint density at radius 3 is 0.778 bits per heavy atom. The number of hydrogen-bond donors (Lipinski definition) is 0. The molecule has 0 aliphatic heterocycles. The average molecular weight is 190 g/mol. The van der Waals surface area contributed by atoms with Gasteiger partial charge < -0.3 is 25.3 Å². The molecule has 0 aromatic rings. The van der Waals surface area contributed by atoms with Gasteiger partial charge in [0.25, 0.3) is 0 Å². The first kappa shape index (κ1) is 17.2. The van der Waals surface area contributed by atoms with Crippen molar-refractivity contribution in [1.82, 2.24) is 0 Å². The van der Waals surface area contributed by atoms with E-state index in [4.69, 9.17) is 0 Å². The van der Waals surface area contributed by atoms with Crippen molar-refractivity contribution < 1.29 is 0 Å². The minimum Gasteiger partial charge on any atom is -0.790 e. The zero-order valence-electron chi connectivity index (χ0n) is 6.68. The first-order chi connectivity index (χ1) is 3.46. The topological polar surface area (TPSA) is 0 Å². The van der Waals surface area contributed by atoms with Gasteiger partial charge in [0, 0.05) is 0 Å². The molecule has 0 atom stereocenters. The predicted molar refractivity (Wildman–Crippen MR) is 50.8 cm³/mol. The van der Waals surface area contributed by atoms with Crippen molar-refractivity contribution in [3.63, 3.8) is 0 Å². The molecule has 0 N–H and O–H groups in total. The zero-order valence-corrected chi connectivity index (χ0v) is 10.5. The van der Waals surface area contributed by atoms with Crippen molar-refractivity contribution >= 4 is 63.0 Å². The maximum Gasteiger partial charge on any atom is 2.00 e. The molecule has 9 heavy (non-hydrogen) atoms. The minimum absolute atomic E-state index is 0. The van der Waals surface area contributed by atoms with Crippen LogP contribution in [0.3, 0.4) is 0 Å². The fourth-order valence-corrected chi connectivity index (χ4v) is 0. The van der Waals surface area contributed by atoms with E-state index in [1.165, 1.54) is 0 Å². The van der Waals surface area contributed by atoms with E-state index >= 15 is 0 Å². The number of rotatable bonds is 0. The van der Waals surface area contributed by atoms with Gasteiger partial charge in [-0.05, 0) is 0 Å². The van der Waals surface area contributed by atoms with E-state index in [0.29, 0.717) is 10.5 Å². The molecule has 0 heterocycles. The van der Waals surface area contributed by atoms with Crippen LogP contribution in [0.5, 0.6) is 0 Å². The first-order valence-corrected chi connectivity index (χ1v) is 3.72. The monoisotopic (exact) mass is 190 g/mol. The molecule has 52 valence electrons. The van der Waals surface area contributed by atoms with Crippen LogP contribution in [0.1, 0.15) is 27.7 Å². The predicted octanol–water partition coefficient (Wildman–Crippen LogP) is 1.50. The first-order valence-electron chi connectivity index (χ1n) is 2.78. The Morgan fingerprint density at radius 1 is 0.778 bits per heavy atom. The van der Waals surface area contributed by atoms with E-state index in [9.17, 15) is 0 Å². The van der Waals surface area contributed by atoms with E-state index in [1.807, 2.05) is 27.7 Å². The summed E-state index contributed by atoms with van der Waals surface area (Å²) in [5.74, 6) is 0. The van der Waals surface area contributed by atoms with Gasteiger partial charge in [-0.3, -0.25) is 0 Å². The molecule has 0 rings (SSSR count). The molecule has 0 aromatic carbocycles. The Hall–Kier alpha value is 1.96. The summed E-state index contributed by atoms with van der Waals surface area (Å²) in [7, 11) is 0. The summed E-state index contributed by atoms with van der Waals surface area (Å²) in [5.41, 5.74) is 0. The van der Waals surface area contributed by atoms with Gasteiger partial charge in [-0.2, -0.15) is 10.5 Å². The van der Waals surface area contributed by atoms with E-state index in [-0.39, 0.29) is 37.7 Å². The van der Waals surface area contributed by atoms with E-state index in [1.54, 1.807) is 0 Å². The summed E-state index contributed by atoms with van der Waals surface area (Å²) in [5, 5.41) is 0.833. The summed E-state index contributed by atoms with van der Waals surface area (Å²) >= 11 is 9.24. The SMILES string of the molecule is CC(C)[S-].CC(C)[S-].[Ca+2]. The van der Waals surface area contributed by atoms with Crippen molar-refractivity contribution in [1.29, 1.82) is 0 Å². The van der Waals surface area contributed by atoms with E-state index < -0.39 is 0 Å². The summed E-state index contributed by atoms with van der Waals surface area (Å²) in [6.07, 6.45) is 0. The molecule has 0 aliphatic carbocycles. The molecule has 0 aliphatic rings. The zero-order chi connectivity index (χ0) is 7.15. The maximum absolute atomic E-state index is 4.62. The third-order valence-corrected chi connectivity index (χ3v) is 0. The van der Waals surface area contributed by atoms with Crippen LogP contribution in [0.25, 0.3) is 0 Å². The molecule has 0 bridgehead atoms. The molecule has 0 unspecified atom stereocenters. The van der Waals surface area contributed by atoms with Crippen LogP contribution < -0.4 is 0 Å². The molecular weight excluding hydrogens is 176 g/mol. The molecule has 0 nitrogen and oxygen atoms in total. The Balaban J connectivity index is -0.0000000720. The van der Waals surface area contributed by atoms with Gasteiger partial charge in [0.15, 0.2) is 0 Å². The molecule has 0 amide bonds. The largest absolute Gasteiger partial charge is 2.00 e. The Bertz CT molecular complexity index is 26.5. The minimum atomic E-state index is 0. The standard InChI is InChI=1S/2C3H8S.Ca/c2*1-3(2)4;/h2*3-4H,1-2H3;/q;;+2/p-2. The van der Waals surface area contributed by atoms with Gasteiger partial charge in [-0.1, -0.05) is 27.7 Å². The smallest absolute Gasteiger partial charge is 0.790 e. The van der Waals surface area contributed by atoms with Gasteiger partial charge in [0.2, 0.25) is 0 Å². The fraction of sp³-hybridized carbons (Fsp3) is 1.00. The molecular formula is C6H14CaS2. The molecule has 0 spiro atoms. The molecule has 0 fully saturated rings. The van der Waals surface area contributed by atoms with Crippen molar-refractivity contribution in [3.8, 4) is 0 Å². The van der Waals surface area contributed by atoms with Crippen LogP contribution in [0, 0.1) is 0 Å². The van der Waals surface area contributed by atoms with Gasteiger partial charge in [-0.25, -0.2) is 0 Å². The van der Waals surface area contributed by atoms with Crippen LogP contribution >= 0.6 is 0 Å². The Morgan fingerprint density at radius 2 is 0.778 bits per heavy atom. The normalized spacial score (nSPS) is 8.00. The molecule has 0 radical (unpaired) electrons. The van der Waals surface area contributed by atoms with Crippen molar-refractivity contribution in [3.05, 3.63) is 0 Å². The summed E-state index contributed by atoms with van der Waals surface area (Å²) in [6, 6.07) is 0. The molecule has 3 heteroatoms. The third kappa shape index (κ3) is 164. The summed E-state index contributed by atoms with van der Waals surface area (Å²) in [6.45, 7) is 7.93. The quantitative estimate of drug-likeness (QED) is 0.419. The summed E-state index contributed by atoms with van der Waals surface area (Å²) in [4.78, 5) is 0. The maximum atomic E-state index is 4.62. The van der Waals surface area contributed by atoms with Crippen LogP contribution in [0.4, 0.5) is 0 Å². The molecule has 0 saturated carbocycles. The van der Waals surface area contributed by atoms with Crippen LogP contribution in [-0.4, -0.2) is 48.2 Å².